The molecule has 0 aromatic heterocycles. The van der Waals surface area contributed by atoms with E-state index in [-0.39, 0.29) is 22.9 Å². The van der Waals surface area contributed by atoms with Gasteiger partial charge in [-0.2, -0.15) is 5.26 Å². The second-order valence-corrected chi connectivity index (χ2v) is 4.56. The molecule has 20 heavy (non-hydrogen) atoms. The zero-order valence-corrected chi connectivity index (χ0v) is 10.8. The van der Waals surface area contributed by atoms with Crippen LogP contribution in [-0.2, 0) is 0 Å². The SMILES string of the molecule is COc1cc(C(=O)NC(C#N)C2CC2)ccc1[N+](=O)[O-]. The van der Waals surface area contributed by atoms with Gasteiger partial charge >= 0.3 is 5.69 Å². The molecule has 1 amide bonds. The van der Waals surface area contributed by atoms with Crippen LogP contribution < -0.4 is 10.1 Å². The molecule has 1 aliphatic rings. The molecule has 1 saturated carbocycles. The Morgan fingerprint density at radius 1 is 1.60 bits per heavy atom. The minimum atomic E-state index is -0.581. The number of hydrogen-bond donors (Lipinski definition) is 1. The average molecular weight is 275 g/mol. The zero-order valence-electron chi connectivity index (χ0n) is 10.8. The molecule has 7 heteroatoms. The number of carbonyl (C=O) groups is 1. The molecule has 1 aromatic carbocycles. The first-order valence-corrected chi connectivity index (χ1v) is 6.09. The lowest BCUT2D eigenvalue weighted by molar-refractivity contribution is -0.385. The van der Waals surface area contributed by atoms with E-state index in [4.69, 9.17) is 10.00 Å². The topological polar surface area (TPSA) is 105 Å². The van der Waals surface area contributed by atoms with Gasteiger partial charge in [0.25, 0.3) is 5.91 Å². The van der Waals surface area contributed by atoms with Crippen molar-refractivity contribution in [3.05, 3.63) is 33.9 Å². The summed E-state index contributed by atoms with van der Waals surface area (Å²) in [5, 5.41) is 22.4. The summed E-state index contributed by atoms with van der Waals surface area (Å²) in [5.41, 5.74) is 0.0245. The largest absolute Gasteiger partial charge is 0.490 e. The van der Waals surface area contributed by atoms with Crippen LogP contribution in [0.5, 0.6) is 5.75 Å². The normalized spacial score (nSPS) is 15.0. The van der Waals surface area contributed by atoms with Gasteiger partial charge in [0.1, 0.15) is 6.04 Å². The van der Waals surface area contributed by atoms with E-state index < -0.39 is 16.9 Å². The van der Waals surface area contributed by atoms with Crippen LogP contribution in [0.1, 0.15) is 23.2 Å². The summed E-state index contributed by atoms with van der Waals surface area (Å²) in [6.45, 7) is 0. The molecule has 0 heterocycles. The lowest BCUT2D eigenvalue weighted by atomic mass is 10.1. The maximum atomic E-state index is 12.0. The number of nitrogens with one attached hydrogen (secondary N) is 1. The fourth-order valence-corrected chi connectivity index (χ4v) is 1.88. The van der Waals surface area contributed by atoms with E-state index in [0.717, 1.165) is 12.8 Å². The summed E-state index contributed by atoms with van der Waals surface area (Å²) in [4.78, 5) is 22.2. The van der Waals surface area contributed by atoms with E-state index >= 15 is 0 Å². The van der Waals surface area contributed by atoms with Crippen molar-refractivity contribution in [3.8, 4) is 11.8 Å². The monoisotopic (exact) mass is 275 g/mol. The molecule has 104 valence electrons. The minimum absolute atomic E-state index is 0.0163. The Balaban J connectivity index is 2.18. The summed E-state index contributed by atoms with van der Waals surface area (Å²) in [7, 11) is 1.30. The van der Waals surface area contributed by atoms with Crippen molar-refractivity contribution in [1.29, 1.82) is 5.26 Å². The van der Waals surface area contributed by atoms with Crippen LogP contribution in [0.25, 0.3) is 0 Å². The maximum absolute atomic E-state index is 12.0. The fraction of sp³-hybridized carbons (Fsp3) is 0.385. The Morgan fingerprint density at radius 3 is 2.80 bits per heavy atom. The molecule has 1 atom stereocenters. The smallest absolute Gasteiger partial charge is 0.310 e. The molecule has 1 fully saturated rings. The highest BCUT2D eigenvalue weighted by atomic mass is 16.6. The number of benzene rings is 1. The first-order valence-electron chi connectivity index (χ1n) is 6.09. The maximum Gasteiger partial charge on any atom is 0.310 e. The van der Waals surface area contributed by atoms with E-state index in [1.54, 1.807) is 0 Å². The number of hydrogen-bond acceptors (Lipinski definition) is 5. The van der Waals surface area contributed by atoms with Gasteiger partial charge in [0, 0.05) is 17.7 Å². The lowest BCUT2D eigenvalue weighted by Gasteiger charge is -2.11. The Labute approximate surface area is 115 Å². The molecule has 1 aromatic rings. The number of rotatable bonds is 5. The second-order valence-electron chi connectivity index (χ2n) is 4.56. The predicted molar refractivity (Wildman–Crippen MR) is 69.2 cm³/mol. The first-order chi connectivity index (χ1) is 9.56. The van der Waals surface area contributed by atoms with Crippen molar-refractivity contribution in [2.75, 3.05) is 7.11 Å². The van der Waals surface area contributed by atoms with Gasteiger partial charge in [-0.15, -0.1) is 0 Å². The highest BCUT2D eigenvalue weighted by Crippen LogP contribution is 2.32. The number of nitro groups is 1. The third kappa shape index (κ3) is 2.85. The van der Waals surface area contributed by atoms with Crippen LogP contribution >= 0.6 is 0 Å². The standard InChI is InChI=1S/C13H13N3O4/c1-20-12-6-9(4-5-11(12)16(18)19)13(17)15-10(7-14)8-2-3-8/h4-6,8,10H,2-3H2,1H3,(H,15,17). The second kappa shape index (κ2) is 5.57. The molecule has 7 nitrogen and oxygen atoms in total. The number of carbonyl (C=O) groups excluding carboxylic acids is 1. The predicted octanol–water partition coefficient (Wildman–Crippen LogP) is 1.64. The number of amides is 1. The third-order valence-corrected chi connectivity index (χ3v) is 3.16. The van der Waals surface area contributed by atoms with Gasteiger partial charge in [-0.1, -0.05) is 0 Å². The molecule has 0 saturated heterocycles. The summed E-state index contributed by atoms with van der Waals surface area (Å²) >= 11 is 0. The molecular weight excluding hydrogens is 262 g/mol. The molecular formula is C13H13N3O4. The molecule has 2 rings (SSSR count). The Bertz CT molecular complexity index is 590. The molecule has 1 N–H and O–H groups in total. The van der Waals surface area contributed by atoms with Crippen LogP contribution in [0, 0.1) is 27.4 Å². The summed E-state index contributed by atoms with van der Waals surface area (Å²) in [6.07, 6.45) is 1.87. The van der Waals surface area contributed by atoms with Crippen molar-refractivity contribution < 1.29 is 14.5 Å². The van der Waals surface area contributed by atoms with Crippen LogP contribution in [0.15, 0.2) is 18.2 Å². The van der Waals surface area contributed by atoms with Gasteiger partial charge in [0.05, 0.1) is 18.1 Å². The first kappa shape index (κ1) is 13.8. The minimum Gasteiger partial charge on any atom is -0.490 e. The van der Waals surface area contributed by atoms with Crippen LogP contribution in [0.4, 0.5) is 5.69 Å². The lowest BCUT2D eigenvalue weighted by Crippen LogP contribution is -2.35. The molecule has 0 radical (unpaired) electrons. The summed E-state index contributed by atoms with van der Waals surface area (Å²) < 4.78 is 4.90. The number of ether oxygens (including phenoxy) is 1. The average Bonchev–Trinajstić information content (AvgIpc) is 3.28. The van der Waals surface area contributed by atoms with Gasteiger partial charge in [-0.25, -0.2) is 0 Å². The molecule has 1 unspecified atom stereocenters. The molecule has 0 spiro atoms. The van der Waals surface area contributed by atoms with Gasteiger partial charge in [-0.05, 0) is 24.8 Å². The van der Waals surface area contributed by atoms with Gasteiger partial charge in [0.2, 0.25) is 0 Å². The number of nitro benzene ring substituents is 1. The van der Waals surface area contributed by atoms with E-state index in [9.17, 15) is 14.9 Å². The number of nitriles is 1. The van der Waals surface area contributed by atoms with Crippen molar-refractivity contribution >= 4 is 11.6 Å². The zero-order chi connectivity index (χ0) is 14.7. The van der Waals surface area contributed by atoms with Crippen molar-refractivity contribution in [1.82, 2.24) is 5.32 Å². The fourth-order valence-electron chi connectivity index (χ4n) is 1.88. The van der Waals surface area contributed by atoms with Crippen LogP contribution in [-0.4, -0.2) is 24.0 Å². The van der Waals surface area contributed by atoms with Gasteiger partial charge in [-0.3, -0.25) is 14.9 Å². The van der Waals surface area contributed by atoms with Gasteiger partial charge < -0.3 is 10.1 Å². The number of nitrogens with zero attached hydrogens (tertiary/aromatic N) is 2. The van der Waals surface area contributed by atoms with Crippen LogP contribution in [0.2, 0.25) is 0 Å². The highest BCUT2D eigenvalue weighted by Gasteiger charge is 2.32. The quantitative estimate of drug-likeness (QED) is 0.649. The number of methoxy groups -OCH3 is 1. The Hall–Kier alpha value is -2.62. The van der Waals surface area contributed by atoms with Crippen molar-refractivity contribution in [2.45, 2.75) is 18.9 Å². The molecule has 0 aliphatic heterocycles. The van der Waals surface area contributed by atoms with E-state index in [0.29, 0.717) is 0 Å². The summed E-state index contributed by atoms with van der Waals surface area (Å²) in [6, 6.07) is 5.40. The van der Waals surface area contributed by atoms with Gasteiger partial charge in [0.15, 0.2) is 5.75 Å². The van der Waals surface area contributed by atoms with Crippen molar-refractivity contribution in [2.24, 2.45) is 5.92 Å². The molecule has 1 aliphatic carbocycles. The highest BCUT2D eigenvalue weighted by molar-refractivity contribution is 5.95. The van der Waals surface area contributed by atoms with Crippen LogP contribution in [0.3, 0.4) is 0 Å². The third-order valence-electron chi connectivity index (χ3n) is 3.16. The van der Waals surface area contributed by atoms with Crippen molar-refractivity contribution in [3.63, 3.8) is 0 Å². The summed E-state index contributed by atoms with van der Waals surface area (Å²) in [5.74, 6) is -0.205. The molecule has 0 bridgehead atoms. The Kier molecular flexibility index (Phi) is 3.84. The van der Waals surface area contributed by atoms with E-state index in [1.165, 1.54) is 25.3 Å². The van der Waals surface area contributed by atoms with E-state index in [2.05, 4.69) is 11.4 Å². The Morgan fingerprint density at radius 2 is 2.30 bits per heavy atom. The van der Waals surface area contributed by atoms with E-state index in [1.807, 2.05) is 0 Å².